The van der Waals surface area contributed by atoms with Crippen LogP contribution in [-0.4, -0.2) is 40.3 Å². The van der Waals surface area contributed by atoms with Crippen LogP contribution in [0.15, 0.2) is 18.2 Å². The molecule has 2 aliphatic heterocycles. The lowest BCUT2D eigenvalue weighted by molar-refractivity contribution is -0.0386. The first kappa shape index (κ1) is 16.2. The number of fused-ring (bicyclic) bond motifs is 2. The van der Waals surface area contributed by atoms with E-state index in [0.717, 1.165) is 18.9 Å². The number of nitrogens with zero attached hydrogens (tertiary/aromatic N) is 1. The first-order chi connectivity index (χ1) is 10.9. The number of hydrogen-bond acceptors (Lipinski definition) is 2. The van der Waals surface area contributed by atoms with Crippen LogP contribution in [0.2, 0.25) is 0 Å². The molecule has 1 aromatic rings. The minimum absolute atomic E-state index is 0.0196. The van der Waals surface area contributed by atoms with Gasteiger partial charge < -0.3 is 15.3 Å². The van der Waals surface area contributed by atoms with Crippen LogP contribution in [0.1, 0.15) is 38.2 Å². The van der Waals surface area contributed by atoms with Gasteiger partial charge in [0.1, 0.15) is 11.6 Å². The number of urea groups is 1. The monoisotopic (exact) mass is 324 g/mol. The van der Waals surface area contributed by atoms with Crippen LogP contribution in [0.3, 0.4) is 0 Å². The average Bonchev–Trinajstić information content (AvgIpc) is 2.76. The van der Waals surface area contributed by atoms with Crippen molar-refractivity contribution in [1.82, 2.24) is 10.2 Å². The largest absolute Gasteiger partial charge is 0.389 e. The van der Waals surface area contributed by atoms with Gasteiger partial charge in [0.25, 0.3) is 0 Å². The van der Waals surface area contributed by atoms with E-state index in [1.165, 1.54) is 12.1 Å². The lowest BCUT2D eigenvalue weighted by atomic mass is 9.81. The number of nitrogens with one attached hydrogen (secondary N) is 1. The minimum atomic E-state index is -1.05. The number of rotatable bonds is 3. The first-order valence-corrected chi connectivity index (χ1v) is 8.14. The van der Waals surface area contributed by atoms with Crippen LogP contribution < -0.4 is 5.32 Å². The summed E-state index contributed by atoms with van der Waals surface area (Å²) >= 11 is 0. The number of aliphatic hydroxyl groups is 1. The SMILES string of the molecule is CCNC(=O)N1C2CCC1CC(O)(Cc1ccc(F)cc1F)C2. The topological polar surface area (TPSA) is 52.6 Å². The van der Waals surface area contributed by atoms with Crippen LogP contribution in [-0.2, 0) is 6.42 Å². The van der Waals surface area contributed by atoms with Crippen molar-refractivity contribution >= 4 is 6.03 Å². The predicted octanol–water partition coefficient (Wildman–Crippen LogP) is 2.59. The summed E-state index contributed by atoms with van der Waals surface area (Å²) in [5.74, 6) is -1.25. The fourth-order valence-electron chi connectivity index (χ4n) is 4.06. The number of carbonyl (C=O) groups excluding carboxylic acids is 1. The summed E-state index contributed by atoms with van der Waals surface area (Å²) in [6, 6.07) is 3.32. The van der Waals surface area contributed by atoms with Crippen LogP contribution in [0.4, 0.5) is 13.6 Å². The predicted molar refractivity (Wildman–Crippen MR) is 82.0 cm³/mol. The van der Waals surface area contributed by atoms with Crippen LogP contribution in [0.25, 0.3) is 0 Å². The Morgan fingerprint density at radius 2 is 2.00 bits per heavy atom. The molecule has 2 aliphatic rings. The van der Waals surface area contributed by atoms with Gasteiger partial charge in [-0.2, -0.15) is 0 Å². The van der Waals surface area contributed by atoms with E-state index in [9.17, 15) is 18.7 Å². The second-order valence-electron chi connectivity index (χ2n) is 6.67. The summed E-state index contributed by atoms with van der Waals surface area (Å²) in [6.07, 6.45) is 2.72. The van der Waals surface area contributed by atoms with Gasteiger partial charge in [0, 0.05) is 31.1 Å². The molecule has 2 atom stereocenters. The standard InChI is InChI=1S/C17H22F2N2O2/c1-2-20-16(22)21-13-5-6-14(21)10-17(23,9-13)8-11-3-4-12(18)7-15(11)19/h3-4,7,13-14,23H,2,5-6,8-10H2,1H3,(H,20,22). The normalized spacial score (nSPS) is 29.7. The van der Waals surface area contributed by atoms with E-state index in [1.54, 1.807) is 0 Å². The molecule has 2 N–H and O–H groups in total. The van der Waals surface area contributed by atoms with Crippen molar-refractivity contribution in [2.45, 2.75) is 56.7 Å². The number of halogens is 2. The molecule has 1 aromatic carbocycles. The Bertz CT molecular complexity index is 594. The van der Waals surface area contributed by atoms with Crippen LogP contribution >= 0.6 is 0 Å². The highest BCUT2D eigenvalue weighted by Gasteiger charge is 2.49. The van der Waals surface area contributed by atoms with Gasteiger partial charge in [-0.15, -0.1) is 0 Å². The summed E-state index contributed by atoms with van der Waals surface area (Å²) in [4.78, 5) is 14.0. The Morgan fingerprint density at radius 3 is 2.57 bits per heavy atom. The number of benzene rings is 1. The lowest BCUT2D eigenvalue weighted by Crippen LogP contribution is -2.56. The Kier molecular flexibility index (Phi) is 4.27. The number of piperidine rings is 1. The zero-order valence-corrected chi connectivity index (χ0v) is 13.2. The van der Waals surface area contributed by atoms with Crippen molar-refractivity contribution in [1.29, 1.82) is 0 Å². The van der Waals surface area contributed by atoms with Gasteiger partial charge in [0.15, 0.2) is 0 Å². The molecule has 6 heteroatoms. The maximum Gasteiger partial charge on any atom is 0.317 e. The molecule has 0 spiro atoms. The fourth-order valence-corrected chi connectivity index (χ4v) is 4.06. The van der Waals surface area contributed by atoms with E-state index in [4.69, 9.17) is 0 Å². The van der Waals surface area contributed by atoms with Crippen LogP contribution in [0.5, 0.6) is 0 Å². The molecular formula is C17H22F2N2O2. The molecule has 2 saturated heterocycles. The van der Waals surface area contributed by atoms with E-state index in [2.05, 4.69) is 5.32 Å². The van der Waals surface area contributed by atoms with Crippen molar-refractivity contribution in [3.05, 3.63) is 35.4 Å². The van der Waals surface area contributed by atoms with Gasteiger partial charge in [-0.3, -0.25) is 0 Å². The molecule has 126 valence electrons. The maximum absolute atomic E-state index is 13.9. The molecule has 0 aromatic heterocycles. The molecule has 3 rings (SSSR count). The van der Waals surface area contributed by atoms with Gasteiger partial charge in [-0.1, -0.05) is 6.07 Å². The van der Waals surface area contributed by atoms with E-state index < -0.39 is 17.2 Å². The van der Waals surface area contributed by atoms with Gasteiger partial charge in [0.2, 0.25) is 0 Å². The molecule has 0 saturated carbocycles. The minimum Gasteiger partial charge on any atom is -0.389 e. The average molecular weight is 324 g/mol. The summed E-state index contributed by atoms with van der Waals surface area (Å²) in [5.41, 5.74) is -0.729. The molecule has 2 unspecified atom stereocenters. The molecule has 2 heterocycles. The van der Waals surface area contributed by atoms with Crippen molar-refractivity contribution in [3.63, 3.8) is 0 Å². The summed E-state index contributed by atoms with van der Waals surface area (Å²) in [5, 5.41) is 13.7. The second-order valence-corrected chi connectivity index (χ2v) is 6.67. The third-order valence-corrected chi connectivity index (χ3v) is 4.95. The van der Waals surface area contributed by atoms with Crippen molar-refractivity contribution < 1.29 is 18.7 Å². The van der Waals surface area contributed by atoms with Gasteiger partial charge in [0.05, 0.1) is 5.60 Å². The molecule has 0 aliphatic carbocycles. The molecule has 0 radical (unpaired) electrons. The summed E-state index contributed by atoms with van der Waals surface area (Å²) < 4.78 is 26.9. The summed E-state index contributed by atoms with van der Waals surface area (Å²) in [7, 11) is 0. The second kappa shape index (κ2) is 6.07. The Morgan fingerprint density at radius 1 is 1.35 bits per heavy atom. The maximum atomic E-state index is 13.9. The Hall–Kier alpha value is -1.69. The molecule has 23 heavy (non-hydrogen) atoms. The smallest absolute Gasteiger partial charge is 0.317 e. The van der Waals surface area contributed by atoms with Gasteiger partial charge in [-0.05, 0) is 44.2 Å². The lowest BCUT2D eigenvalue weighted by Gasteiger charge is -2.43. The number of hydrogen-bond donors (Lipinski definition) is 2. The number of carbonyl (C=O) groups is 1. The molecule has 2 amide bonds. The van der Waals surface area contributed by atoms with E-state index >= 15 is 0 Å². The zero-order chi connectivity index (χ0) is 16.6. The Labute approximate surface area is 134 Å². The quantitative estimate of drug-likeness (QED) is 0.898. The van der Waals surface area contributed by atoms with Crippen LogP contribution in [0, 0.1) is 11.6 Å². The first-order valence-electron chi connectivity index (χ1n) is 8.14. The zero-order valence-electron chi connectivity index (χ0n) is 13.2. The van der Waals surface area contributed by atoms with Crippen molar-refractivity contribution in [3.8, 4) is 0 Å². The molecular weight excluding hydrogens is 302 g/mol. The fraction of sp³-hybridized carbons (Fsp3) is 0.588. The highest BCUT2D eigenvalue weighted by Crippen LogP contribution is 2.42. The van der Waals surface area contributed by atoms with Crippen molar-refractivity contribution in [2.75, 3.05) is 6.54 Å². The highest BCUT2D eigenvalue weighted by molar-refractivity contribution is 5.75. The van der Waals surface area contributed by atoms with Gasteiger partial charge >= 0.3 is 6.03 Å². The number of amides is 2. The highest BCUT2D eigenvalue weighted by atomic mass is 19.1. The summed E-state index contributed by atoms with van der Waals surface area (Å²) in [6.45, 7) is 2.44. The van der Waals surface area contributed by atoms with E-state index in [1.807, 2.05) is 11.8 Å². The Balaban J connectivity index is 1.74. The van der Waals surface area contributed by atoms with E-state index in [-0.39, 0.29) is 24.5 Å². The molecule has 2 fully saturated rings. The van der Waals surface area contributed by atoms with Gasteiger partial charge in [-0.25, -0.2) is 13.6 Å². The third-order valence-electron chi connectivity index (χ3n) is 4.95. The molecule has 4 nitrogen and oxygen atoms in total. The third kappa shape index (κ3) is 3.17. The van der Waals surface area contributed by atoms with Crippen molar-refractivity contribution in [2.24, 2.45) is 0 Å². The van der Waals surface area contributed by atoms with E-state index in [0.29, 0.717) is 24.9 Å². The molecule has 2 bridgehead atoms.